The number of carbonyl (C=O) groups is 2. The summed E-state index contributed by atoms with van der Waals surface area (Å²) < 4.78 is 6.08. The lowest BCUT2D eigenvalue weighted by atomic mass is 9.68. The molecule has 0 radical (unpaired) electrons. The molecule has 1 amide bonds. The van der Waals surface area contributed by atoms with Gasteiger partial charge in [-0.25, -0.2) is 9.59 Å². The van der Waals surface area contributed by atoms with Crippen molar-refractivity contribution in [3.63, 3.8) is 0 Å². The molecule has 1 N–H and O–H groups in total. The molecule has 0 aliphatic heterocycles. The van der Waals surface area contributed by atoms with Crippen LogP contribution in [-0.4, -0.2) is 34.2 Å². The molecule has 0 fully saturated rings. The van der Waals surface area contributed by atoms with Crippen molar-refractivity contribution in [1.82, 2.24) is 4.90 Å². The van der Waals surface area contributed by atoms with Gasteiger partial charge in [0.1, 0.15) is 6.10 Å². The first-order chi connectivity index (χ1) is 12.4. The lowest BCUT2D eigenvalue weighted by Gasteiger charge is -2.42. The molecule has 0 bridgehead atoms. The molecule has 0 aromatic heterocycles. The molecule has 2 atom stereocenters. The maximum absolute atomic E-state index is 13.0. The van der Waals surface area contributed by atoms with Crippen molar-refractivity contribution in [2.45, 2.75) is 79.5 Å². The SMILES string of the molecule is CC(C)N(C(=O)O[C@H]1c2ccc(C(=O)O)cc2CC[C@H]1C(C)(C)C)C(C)C. The summed E-state index contributed by atoms with van der Waals surface area (Å²) >= 11 is 0. The second-order valence-electron chi connectivity index (χ2n) is 9.13. The van der Waals surface area contributed by atoms with Crippen molar-refractivity contribution < 1.29 is 19.4 Å². The molecule has 5 nitrogen and oxygen atoms in total. The Bertz CT molecular complexity index is 695. The Morgan fingerprint density at radius 1 is 1.15 bits per heavy atom. The molecule has 5 heteroatoms. The minimum Gasteiger partial charge on any atom is -0.478 e. The molecular formula is C22H33NO4. The Balaban J connectivity index is 2.42. The van der Waals surface area contributed by atoms with Gasteiger partial charge in [-0.05, 0) is 69.2 Å². The third-order valence-corrected chi connectivity index (χ3v) is 5.45. The number of hydrogen-bond donors (Lipinski definition) is 1. The van der Waals surface area contributed by atoms with E-state index in [0.29, 0.717) is 0 Å². The number of aryl methyl sites for hydroxylation is 1. The van der Waals surface area contributed by atoms with Crippen LogP contribution in [0.25, 0.3) is 0 Å². The largest absolute Gasteiger partial charge is 0.478 e. The van der Waals surface area contributed by atoms with E-state index in [1.54, 1.807) is 17.0 Å². The predicted molar refractivity (Wildman–Crippen MR) is 106 cm³/mol. The van der Waals surface area contributed by atoms with Crippen LogP contribution in [0.1, 0.15) is 82.5 Å². The highest BCUT2D eigenvalue weighted by molar-refractivity contribution is 5.88. The van der Waals surface area contributed by atoms with Gasteiger partial charge in [0.25, 0.3) is 0 Å². The summed E-state index contributed by atoms with van der Waals surface area (Å²) in [7, 11) is 0. The zero-order valence-electron chi connectivity index (χ0n) is 17.6. The quantitative estimate of drug-likeness (QED) is 0.776. The molecule has 0 spiro atoms. The maximum Gasteiger partial charge on any atom is 0.410 e. The summed E-state index contributed by atoms with van der Waals surface area (Å²) in [5.41, 5.74) is 2.15. The van der Waals surface area contributed by atoms with E-state index >= 15 is 0 Å². The molecule has 150 valence electrons. The lowest BCUT2D eigenvalue weighted by molar-refractivity contribution is -0.0163. The fourth-order valence-electron chi connectivity index (χ4n) is 4.13. The van der Waals surface area contributed by atoms with Crippen LogP contribution in [-0.2, 0) is 11.2 Å². The fraction of sp³-hybridized carbons (Fsp3) is 0.636. The average Bonchev–Trinajstić information content (AvgIpc) is 2.52. The summed E-state index contributed by atoms with van der Waals surface area (Å²) in [6.07, 6.45) is 0.976. The van der Waals surface area contributed by atoms with Gasteiger partial charge in [0.2, 0.25) is 0 Å². The van der Waals surface area contributed by atoms with Gasteiger partial charge in [0, 0.05) is 18.0 Å². The highest BCUT2D eigenvalue weighted by atomic mass is 16.6. The number of carbonyl (C=O) groups excluding carboxylic acids is 1. The molecule has 1 aromatic carbocycles. The molecular weight excluding hydrogens is 342 g/mol. The van der Waals surface area contributed by atoms with Gasteiger partial charge in [0.05, 0.1) is 5.56 Å². The van der Waals surface area contributed by atoms with Gasteiger partial charge < -0.3 is 14.7 Å². The van der Waals surface area contributed by atoms with E-state index in [1.807, 2.05) is 33.8 Å². The zero-order valence-corrected chi connectivity index (χ0v) is 17.6. The van der Waals surface area contributed by atoms with Crippen LogP contribution < -0.4 is 0 Å². The summed E-state index contributed by atoms with van der Waals surface area (Å²) in [6, 6.07) is 5.24. The van der Waals surface area contributed by atoms with E-state index in [9.17, 15) is 14.7 Å². The number of rotatable bonds is 4. The van der Waals surface area contributed by atoms with Crippen molar-refractivity contribution in [2.75, 3.05) is 0 Å². The van der Waals surface area contributed by atoms with Crippen molar-refractivity contribution in [3.05, 3.63) is 34.9 Å². The number of carboxylic acid groups (broad SMARTS) is 1. The highest BCUT2D eigenvalue weighted by Gasteiger charge is 2.40. The average molecular weight is 376 g/mol. The number of benzene rings is 1. The number of nitrogens with zero attached hydrogens (tertiary/aromatic N) is 1. The van der Waals surface area contributed by atoms with E-state index in [-0.39, 0.29) is 41.2 Å². The van der Waals surface area contributed by atoms with Crippen LogP contribution in [0.5, 0.6) is 0 Å². The van der Waals surface area contributed by atoms with Gasteiger partial charge in [0.15, 0.2) is 0 Å². The van der Waals surface area contributed by atoms with Crippen LogP contribution >= 0.6 is 0 Å². The third-order valence-electron chi connectivity index (χ3n) is 5.45. The molecule has 0 heterocycles. The molecule has 27 heavy (non-hydrogen) atoms. The minimum atomic E-state index is -0.935. The fourth-order valence-corrected chi connectivity index (χ4v) is 4.13. The van der Waals surface area contributed by atoms with E-state index < -0.39 is 5.97 Å². The van der Waals surface area contributed by atoms with E-state index in [0.717, 1.165) is 24.0 Å². The first-order valence-corrected chi connectivity index (χ1v) is 9.78. The molecule has 0 saturated heterocycles. The first-order valence-electron chi connectivity index (χ1n) is 9.78. The Morgan fingerprint density at radius 2 is 1.74 bits per heavy atom. The van der Waals surface area contributed by atoms with Gasteiger partial charge >= 0.3 is 12.1 Å². The summed E-state index contributed by atoms with van der Waals surface area (Å²) in [4.78, 5) is 26.0. The Morgan fingerprint density at radius 3 is 2.22 bits per heavy atom. The predicted octanol–water partition coefficient (Wildman–Crippen LogP) is 5.29. The normalized spacial score (nSPS) is 19.7. The van der Waals surface area contributed by atoms with Crippen LogP contribution in [0.3, 0.4) is 0 Å². The number of carboxylic acids is 1. The lowest BCUT2D eigenvalue weighted by Crippen LogP contribution is -2.44. The number of ether oxygens (including phenoxy) is 1. The van der Waals surface area contributed by atoms with Crippen molar-refractivity contribution in [1.29, 1.82) is 0 Å². The summed E-state index contributed by atoms with van der Waals surface area (Å²) in [6.45, 7) is 14.4. The van der Waals surface area contributed by atoms with E-state index in [2.05, 4.69) is 20.8 Å². The standard InChI is InChI=1S/C22H33NO4/c1-13(2)23(14(3)4)21(26)27-19-17-10-8-16(20(24)25)12-15(17)9-11-18(19)22(5,6)7/h8,10,12-14,18-19H,9,11H2,1-7H3,(H,24,25)/t18-,19+/m1/s1. The Hall–Kier alpha value is -2.04. The van der Waals surface area contributed by atoms with Crippen molar-refractivity contribution >= 4 is 12.1 Å². The first kappa shape index (κ1) is 21.3. The minimum absolute atomic E-state index is 0.0331. The second-order valence-corrected chi connectivity index (χ2v) is 9.13. The topological polar surface area (TPSA) is 66.8 Å². The smallest absolute Gasteiger partial charge is 0.410 e. The molecule has 0 saturated carbocycles. The van der Waals surface area contributed by atoms with Crippen LogP contribution in [0.15, 0.2) is 18.2 Å². The van der Waals surface area contributed by atoms with Crippen LogP contribution in [0, 0.1) is 11.3 Å². The molecule has 2 rings (SSSR count). The van der Waals surface area contributed by atoms with Crippen molar-refractivity contribution in [3.8, 4) is 0 Å². The molecule has 1 aliphatic rings. The second kappa shape index (κ2) is 7.91. The van der Waals surface area contributed by atoms with Gasteiger partial charge in [-0.15, -0.1) is 0 Å². The highest BCUT2D eigenvalue weighted by Crippen LogP contribution is 2.46. The molecule has 0 unspecified atom stereocenters. The van der Waals surface area contributed by atoms with E-state index in [4.69, 9.17) is 4.74 Å². The van der Waals surface area contributed by atoms with Gasteiger partial charge in [-0.1, -0.05) is 26.8 Å². The summed E-state index contributed by atoms with van der Waals surface area (Å²) in [5.74, 6) is -0.763. The number of amides is 1. The monoisotopic (exact) mass is 375 g/mol. The third kappa shape index (κ3) is 4.63. The zero-order chi connectivity index (χ0) is 20.5. The Labute approximate surface area is 162 Å². The summed E-state index contributed by atoms with van der Waals surface area (Å²) in [5, 5.41) is 9.28. The number of fused-ring (bicyclic) bond motifs is 1. The molecule has 1 aromatic rings. The van der Waals surface area contributed by atoms with Gasteiger partial charge in [-0.3, -0.25) is 0 Å². The Kier molecular flexibility index (Phi) is 6.23. The number of aromatic carboxylic acids is 1. The van der Waals surface area contributed by atoms with Crippen LogP contribution in [0.4, 0.5) is 4.79 Å². The van der Waals surface area contributed by atoms with E-state index in [1.165, 1.54) is 0 Å². The number of hydrogen-bond acceptors (Lipinski definition) is 3. The maximum atomic E-state index is 13.0. The van der Waals surface area contributed by atoms with Crippen LogP contribution in [0.2, 0.25) is 0 Å². The molecule has 1 aliphatic carbocycles. The van der Waals surface area contributed by atoms with Gasteiger partial charge in [-0.2, -0.15) is 0 Å². The van der Waals surface area contributed by atoms with Crippen molar-refractivity contribution in [2.24, 2.45) is 11.3 Å².